The maximum absolute atomic E-state index is 5.48. The number of rotatable bonds is 5. The first-order chi connectivity index (χ1) is 8.15. The highest BCUT2D eigenvalue weighted by atomic mass is 32.1. The second-order valence-corrected chi connectivity index (χ2v) is 4.68. The Morgan fingerprint density at radius 2 is 2.35 bits per heavy atom. The van der Waals surface area contributed by atoms with E-state index in [4.69, 9.17) is 18.0 Å². The van der Waals surface area contributed by atoms with Crippen molar-refractivity contribution >= 4 is 22.9 Å². The van der Waals surface area contributed by atoms with E-state index in [9.17, 15) is 0 Å². The zero-order chi connectivity index (χ0) is 12.3. The van der Waals surface area contributed by atoms with Crippen LogP contribution < -0.4 is 5.73 Å². The number of nitrogens with two attached hydrogens (primary N) is 1. The molecule has 4 nitrogen and oxygen atoms in total. The van der Waals surface area contributed by atoms with Crippen LogP contribution in [0, 0.1) is 0 Å². The highest BCUT2D eigenvalue weighted by Gasteiger charge is 2.05. The van der Waals surface area contributed by atoms with Gasteiger partial charge in [0.2, 0.25) is 0 Å². The van der Waals surface area contributed by atoms with Crippen molar-refractivity contribution in [3.8, 4) is 0 Å². The second kappa shape index (κ2) is 5.25. The van der Waals surface area contributed by atoms with Gasteiger partial charge in [-0.3, -0.25) is 0 Å². The summed E-state index contributed by atoms with van der Waals surface area (Å²) in [5, 5.41) is 0. The van der Waals surface area contributed by atoms with Crippen LogP contribution >= 0.6 is 12.2 Å². The molecule has 0 bridgehead atoms. The van der Waals surface area contributed by atoms with Crippen LogP contribution in [0.5, 0.6) is 0 Å². The third-order valence-corrected chi connectivity index (χ3v) is 2.79. The average Bonchev–Trinajstić information content (AvgIpc) is 2.68. The Labute approximate surface area is 106 Å². The molecule has 0 amide bonds. The lowest BCUT2D eigenvalue weighted by Crippen LogP contribution is -2.23. The van der Waals surface area contributed by atoms with Crippen LogP contribution in [0.3, 0.4) is 0 Å². The van der Waals surface area contributed by atoms with Gasteiger partial charge in [-0.2, -0.15) is 0 Å². The zero-order valence-electron chi connectivity index (χ0n) is 9.84. The first-order valence-corrected chi connectivity index (χ1v) is 5.95. The van der Waals surface area contributed by atoms with Gasteiger partial charge in [0, 0.05) is 31.9 Å². The topological polar surface area (TPSA) is 46.6 Å². The number of nitrogens with zero attached hydrogens (tertiary/aromatic N) is 3. The van der Waals surface area contributed by atoms with E-state index < -0.39 is 0 Å². The molecule has 0 aliphatic heterocycles. The number of imidazole rings is 1. The lowest BCUT2D eigenvalue weighted by Gasteiger charge is -2.14. The molecule has 0 aromatic carbocycles. The third kappa shape index (κ3) is 3.25. The first-order valence-electron chi connectivity index (χ1n) is 5.54. The lowest BCUT2D eigenvalue weighted by atomic mass is 10.3. The molecule has 0 spiro atoms. The van der Waals surface area contributed by atoms with E-state index in [0.29, 0.717) is 4.99 Å². The fourth-order valence-corrected chi connectivity index (χ4v) is 1.81. The minimum Gasteiger partial charge on any atom is -0.393 e. The summed E-state index contributed by atoms with van der Waals surface area (Å²) in [6.07, 6.45) is 4.80. The van der Waals surface area contributed by atoms with E-state index in [0.717, 1.165) is 30.9 Å². The van der Waals surface area contributed by atoms with E-state index in [1.54, 1.807) is 0 Å². The molecule has 17 heavy (non-hydrogen) atoms. The van der Waals surface area contributed by atoms with Gasteiger partial charge < -0.3 is 15.0 Å². The summed E-state index contributed by atoms with van der Waals surface area (Å²) in [7, 11) is 2.04. The standard InChI is InChI=1S/C12H16N4S/c1-15(7-5-11(13)17)8-10-9-16-6-3-2-4-12(16)14-10/h2-4,6,9H,5,7-8H2,1H3,(H2,13,17). The van der Waals surface area contributed by atoms with Crippen LogP contribution in [-0.2, 0) is 6.54 Å². The van der Waals surface area contributed by atoms with Gasteiger partial charge in [0.05, 0.1) is 10.7 Å². The van der Waals surface area contributed by atoms with Gasteiger partial charge >= 0.3 is 0 Å². The Balaban J connectivity index is 2.00. The smallest absolute Gasteiger partial charge is 0.137 e. The summed E-state index contributed by atoms with van der Waals surface area (Å²) in [6.45, 7) is 1.67. The average molecular weight is 248 g/mol. The molecule has 0 saturated heterocycles. The van der Waals surface area contributed by atoms with Gasteiger partial charge in [0.25, 0.3) is 0 Å². The van der Waals surface area contributed by atoms with E-state index in [1.807, 2.05) is 42.0 Å². The molecule has 0 aliphatic rings. The molecule has 2 rings (SSSR count). The normalized spacial score (nSPS) is 11.2. The van der Waals surface area contributed by atoms with Crippen LogP contribution in [0.2, 0.25) is 0 Å². The van der Waals surface area contributed by atoms with Gasteiger partial charge in [-0.15, -0.1) is 0 Å². The van der Waals surface area contributed by atoms with Crippen molar-refractivity contribution in [3.63, 3.8) is 0 Å². The van der Waals surface area contributed by atoms with Crippen molar-refractivity contribution in [2.75, 3.05) is 13.6 Å². The Morgan fingerprint density at radius 3 is 3.06 bits per heavy atom. The van der Waals surface area contributed by atoms with E-state index in [1.165, 1.54) is 0 Å². The predicted molar refractivity (Wildman–Crippen MR) is 72.9 cm³/mol. The molecule has 0 saturated carbocycles. The number of hydrogen-bond donors (Lipinski definition) is 1. The van der Waals surface area contributed by atoms with Crippen LogP contribution in [-0.4, -0.2) is 32.9 Å². The molecule has 0 unspecified atom stereocenters. The largest absolute Gasteiger partial charge is 0.393 e. The van der Waals surface area contributed by atoms with Crippen LogP contribution in [0.4, 0.5) is 0 Å². The summed E-state index contributed by atoms with van der Waals surface area (Å²) < 4.78 is 2.02. The Morgan fingerprint density at radius 1 is 1.53 bits per heavy atom. The number of thiocarbonyl (C=S) groups is 1. The molecule has 0 atom stereocenters. The summed E-state index contributed by atoms with van der Waals surface area (Å²) >= 11 is 4.86. The van der Waals surface area contributed by atoms with Crippen molar-refractivity contribution < 1.29 is 0 Å². The Hall–Kier alpha value is -1.46. The fourth-order valence-electron chi connectivity index (χ4n) is 1.72. The molecule has 0 fully saturated rings. The number of hydrogen-bond acceptors (Lipinski definition) is 3. The van der Waals surface area contributed by atoms with Gasteiger partial charge in [0.15, 0.2) is 0 Å². The van der Waals surface area contributed by atoms with Crippen LogP contribution in [0.25, 0.3) is 5.65 Å². The predicted octanol–water partition coefficient (Wildman–Crippen LogP) is 1.44. The quantitative estimate of drug-likeness (QED) is 0.813. The summed E-state index contributed by atoms with van der Waals surface area (Å²) in [5.41, 5.74) is 7.51. The first kappa shape index (κ1) is 12.0. The minimum absolute atomic E-state index is 0.562. The van der Waals surface area contributed by atoms with Gasteiger partial charge in [-0.05, 0) is 19.2 Å². The molecule has 2 N–H and O–H groups in total. The molecular formula is C12H16N4S. The Kier molecular flexibility index (Phi) is 3.71. The molecule has 2 aromatic heterocycles. The molecule has 2 heterocycles. The van der Waals surface area contributed by atoms with Crippen LogP contribution in [0.15, 0.2) is 30.6 Å². The molecule has 0 radical (unpaired) electrons. The monoisotopic (exact) mass is 248 g/mol. The molecule has 5 heteroatoms. The number of aromatic nitrogens is 2. The number of fused-ring (bicyclic) bond motifs is 1. The maximum Gasteiger partial charge on any atom is 0.137 e. The summed E-state index contributed by atoms with van der Waals surface area (Å²) in [6, 6.07) is 5.98. The van der Waals surface area contributed by atoms with Crippen molar-refractivity contribution in [1.29, 1.82) is 0 Å². The summed E-state index contributed by atoms with van der Waals surface area (Å²) in [5.74, 6) is 0. The summed E-state index contributed by atoms with van der Waals surface area (Å²) in [4.78, 5) is 7.27. The maximum atomic E-state index is 5.48. The van der Waals surface area contributed by atoms with E-state index >= 15 is 0 Å². The van der Waals surface area contributed by atoms with Crippen molar-refractivity contribution in [1.82, 2.24) is 14.3 Å². The van der Waals surface area contributed by atoms with Gasteiger partial charge in [0.1, 0.15) is 5.65 Å². The highest BCUT2D eigenvalue weighted by Crippen LogP contribution is 2.06. The third-order valence-electron chi connectivity index (χ3n) is 2.59. The van der Waals surface area contributed by atoms with Gasteiger partial charge in [-0.25, -0.2) is 4.98 Å². The highest BCUT2D eigenvalue weighted by molar-refractivity contribution is 7.80. The number of pyridine rings is 1. The molecule has 90 valence electrons. The Bertz CT molecular complexity index is 487. The van der Waals surface area contributed by atoms with E-state index in [-0.39, 0.29) is 0 Å². The minimum atomic E-state index is 0.562. The molecular weight excluding hydrogens is 232 g/mol. The van der Waals surface area contributed by atoms with Crippen LogP contribution in [0.1, 0.15) is 12.1 Å². The van der Waals surface area contributed by atoms with Crippen molar-refractivity contribution in [3.05, 3.63) is 36.3 Å². The fraction of sp³-hybridized carbons (Fsp3) is 0.333. The molecule has 2 aromatic rings. The van der Waals surface area contributed by atoms with Gasteiger partial charge in [-0.1, -0.05) is 18.3 Å². The SMILES string of the molecule is CN(CCC(N)=S)Cc1cn2ccccc2n1. The molecule has 0 aliphatic carbocycles. The van der Waals surface area contributed by atoms with E-state index in [2.05, 4.69) is 9.88 Å². The lowest BCUT2D eigenvalue weighted by molar-refractivity contribution is 0.333. The van der Waals surface area contributed by atoms with Crippen molar-refractivity contribution in [2.45, 2.75) is 13.0 Å². The second-order valence-electron chi connectivity index (χ2n) is 4.15. The zero-order valence-corrected chi connectivity index (χ0v) is 10.7. The van der Waals surface area contributed by atoms with Crippen molar-refractivity contribution in [2.24, 2.45) is 5.73 Å².